The van der Waals surface area contributed by atoms with Crippen molar-refractivity contribution in [3.8, 4) is 0 Å². The molecule has 0 aliphatic rings. The third-order valence-corrected chi connectivity index (χ3v) is 1.87. The molecule has 0 amide bonds. The van der Waals surface area contributed by atoms with Gasteiger partial charge in [-0.3, -0.25) is 0 Å². The van der Waals surface area contributed by atoms with E-state index in [4.69, 9.17) is 4.43 Å². The number of hydrogen-bond donors (Lipinski definition) is 0. The van der Waals surface area contributed by atoms with Crippen molar-refractivity contribution in [1.82, 2.24) is 0 Å². The highest BCUT2D eigenvalue weighted by molar-refractivity contribution is 6.48. The molecular formula is C7H17OSi. The summed E-state index contributed by atoms with van der Waals surface area (Å²) in [6.07, 6.45) is 1.20. The average molecular weight is 145 g/mol. The van der Waals surface area contributed by atoms with Crippen LogP contribution in [0.1, 0.15) is 20.3 Å². The maximum absolute atomic E-state index is 5.45. The van der Waals surface area contributed by atoms with E-state index in [2.05, 4.69) is 26.9 Å². The van der Waals surface area contributed by atoms with Gasteiger partial charge in [0.2, 0.25) is 9.04 Å². The fourth-order valence-electron chi connectivity index (χ4n) is 0.499. The van der Waals surface area contributed by atoms with Gasteiger partial charge >= 0.3 is 0 Å². The minimum Gasteiger partial charge on any atom is -0.417 e. The Labute approximate surface area is 60.1 Å². The van der Waals surface area contributed by atoms with Crippen molar-refractivity contribution in [2.24, 2.45) is 5.92 Å². The highest BCUT2D eigenvalue weighted by atomic mass is 28.3. The van der Waals surface area contributed by atoms with Crippen LogP contribution in [0.4, 0.5) is 0 Å². The van der Waals surface area contributed by atoms with Gasteiger partial charge < -0.3 is 4.43 Å². The largest absolute Gasteiger partial charge is 0.417 e. The van der Waals surface area contributed by atoms with Crippen molar-refractivity contribution < 1.29 is 4.43 Å². The molecule has 1 nitrogen and oxygen atoms in total. The van der Waals surface area contributed by atoms with Gasteiger partial charge in [0, 0.05) is 6.61 Å². The topological polar surface area (TPSA) is 9.23 Å². The van der Waals surface area contributed by atoms with Crippen molar-refractivity contribution >= 4 is 9.04 Å². The van der Waals surface area contributed by atoms with Gasteiger partial charge in [-0.1, -0.05) is 13.8 Å². The summed E-state index contributed by atoms with van der Waals surface area (Å²) in [5, 5.41) is 0. The lowest BCUT2D eigenvalue weighted by atomic mass is 10.2. The lowest BCUT2D eigenvalue weighted by molar-refractivity contribution is 0.296. The van der Waals surface area contributed by atoms with Crippen LogP contribution in [0.3, 0.4) is 0 Å². The minimum absolute atomic E-state index is 0.430. The second-order valence-electron chi connectivity index (χ2n) is 2.94. The zero-order chi connectivity index (χ0) is 7.28. The van der Waals surface area contributed by atoms with Crippen LogP contribution < -0.4 is 0 Å². The first kappa shape index (κ1) is 9.18. The van der Waals surface area contributed by atoms with E-state index in [-0.39, 0.29) is 0 Å². The molecule has 2 heteroatoms. The third kappa shape index (κ3) is 8.18. The second-order valence-corrected chi connectivity index (χ2v) is 5.04. The number of hydrogen-bond acceptors (Lipinski definition) is 1. The van der Waals surface area contributed by atoms with Crippen LogP contribution in [-0.4, -0.2) is 15.6 Å². The maximum Gasteiger partial charge on any atom is 0.204 e. The van der Waals surface area contributed by atoms with Crippen LogP contribution in [-0.2, 0) is 4.43 Å². The van der Waals surface area contributed by atoms with Crippen LogP contribution >= 0.6 is 0 Å². The smallest absolute Gasteiger partial charge is 0.204 e. The molecular weight excluding hydrogens is 128 g/mol. The summed E-state index contributed by atoms with van der Waals surface area (Å²) in [4.78, 5) is 0. The molecule has 9 heavy (non-hydrogen) atoms. The molecule has 0 aromatic carbocycles. The zero-order valence-electron chi connectivity index (χ0n) is 6.90. The van der Waals surface area contributed by atoms with E-state index in [1.165, 1.54) is 6.42 Å². The summed E-state index contributed by atoms with van der Waals surface area (Å²) in [5.74, 6) is 0.784. The molecule has 0 fully saturated rings. The van der Waals surface area contributed by atoms with Crippen molar-refractivity contribution in [2.75, 3.05) is 6.61 Å². The second kappa shape index (κ2) is 5.00. The van der Waals surface area contributed by atoms with E-state index < -0.39 is 9.04 Å². The van der Waals surface area contributed by atoms with Crippen LogP contribution in [0.15, 0.2) is 0 Å². The van der Waals surface area contributed by atoms with Gasteiger partial charge in [-0.05, 0) is 25.4 Å². The van der Waals surface area contributed by atoms with Gasteiger partial charge in [-0.15, -0.1) is 0 Å². The first-order chi connectivity index (χ1) is 4.13. The highest BCUT2D eigenvalue weighted by Gasteiger charge is 1.97. The molecule has 0 aromatic rings. The van der Waals surface area contributed by atoms with Gasteiger partial charge in [0.1, 0.15) is 0 Å². The summed E-state index contributed by atoms with van der Waals surface area (Å²) in [6, 6.07) is 0. The summed E-state index contributed by atoms with van der Waals surface area (Å²) < 4.78 is 5.45. The highest BCUT2D eigenvalue weighted by Crippen LogP contribution is 1.99. The van der Waals surface area contributed by atoms with Crippen molar-refractivity contribution in [1.29, 1.82) is 0 Å². The van der Waals surface area contributed by atoms with Crippen molar-refractivity contribution in [3.05, 3.63) is 0 Å². The molecule has 1 radical (unpaired) electrons. The molecule has 0 aliphatic heterocycles. The molecule has 0 spiro atoms. The Morgan fingerprint density at radius 3 is 2.22 bits per heavy atom. The molecule has 0 saturated heterocycles. The quantitative estimate of drug-likeness (QED) is 0.552. The molecule has 0 N–H and O–H groups in total. The standard InChI is InChI=1S/C7H17OSi/c1-7(2)5-6-8-9(3)4/h7H,5-6H2,1-4H3. The van der Waals surface area contributed by atoms with E-state index in [1.807, 2.05) is 0 Å². The van der Waals surface area contributed by atoms with Crippen LogP contribution in [0, 0.1) is 5.92 Å². The Hall–Kier alpha value is 0.177. The Bertz CT molecular complexity index is 53.9. The van der Waals surface area contributed by atoms with Gasteiger partial charge in [-0.2, -0.15) is 0 Å². The monoisotopic (exact) mass is 145 g/mol. The van der Waals surface area contributed by atoms with Crippen LogP contribution in [0.25, 0.3) is 0 Å². The van der Waals surface area contributed by atoms with Crippen molar-refractivity contribution in [2.45, 2.75) is 33.4 Å². The molecule has 0 heterocycles. The SMILES string of the molecule is CC(C)CCO[Si](C)C. The van der Waals surface area contributed by atoms with Crippen LogP contribution in [0.2, 0.25) is 13.1 Å². The fraction of sp³-hybridized carbons (Fsp3) is 1.00. The number of rotatable bonds is 4. The lowest BCUT2D eigenvalue weighted by Crippen LogP contribution is -2.09. The van der Waals surface area contributed by atoms with Crippen LogP contribution in [0.5, 0.6) is 0 Å². The van der Waals surface area contributed by atoms with E-state index in [0.29, 0.717) is 0 Å². The lowest BCUT2D eigenvalue weighted by Gasteiger charge is -2.06. The molecule has 0 rings (SSSR count). The van der Waals surface area contributed by atoms with Gasteiger partial charge in [0.05, 0.1) is 0 Å². The van der Waals surface area contributed by atoms with E-state index >= 15 is 0 Å². The van der Waals surface area contributed by atoms with Gasteiger partial charge in [0.15, 0.2) is 0 Å². The fourth-order valence-corrected chi connectivity index (χ4v) is 1.02. The Morgan fingerprint density at radius 1 is 1.33 bits per heavy atom. The summed E-state index contributed by atoms with van der Waals surface area (Å²) in [6.45, 7) is 9.75. The molecule has 0 bridgehead atoms. The zero-order valence-corrected chi connectivity index (χ0v) is 7.90. The molecule has 0 unspecified atom stereocenters. The molecule has 0 saturated carbocycles. The minimum atomic E-state index is -0.430. The first-order valence-corrected chi connectivity index (χ1v) is 5.96. The average Bonchev–Trinajstić information content (AvgIpc) is 1.63. The summed E-state index contributed by atoms with van der Waals surface area (Å²) in [7, 11) is -0.430. The molecule has 55 valence electrons. The Kier molecular flexibility index (Phi) is 5.10. The summed E-state index contributed by atoms with van der Waals surface area (Å²) >= 11 is 0. The predicted octanol–water partition coefficient (Wildman–Crippen LogP) is 2.30. The third-order valence-electron chi connectivity index (χ3n) is 1.09. The maximum atomic E-state index is 5.45. The van der Waals surface area contributed by atoms with E-state index in [0.717, 1.165) is 12.5 Å². The van der Waals surface area contributed by atoms with Gasteiger partial charge in [0.25, 0.3) is 0 Å². The summed E-state index contributed by atoms with van der Waals surface area (Å²) in [5.41, 5.74) is 0. The Balaban J connectivity index is 2.91. The van der Waals surface area contributed by atoms with Gasteiger partial charge in [-0.25, -0.2) is 0 Å². The molecule has 0 aromatic heterocycles. The normalized spacial score (nSPS) is 11.3. The Morgan fingerprint density at radius 2 is 1.89 bits per heavy atom. The first-order valence-electron chi connectivity index (χ1n) is 3.56. The predicted molar refractivity (Wildman–Crippen MR) is 42.9 cm³/mol. The molecule has 0 aliphatic carbocycles. The van der Waals surface area contributed by atoms with Crippen molar-refractivity contribution in [3.63, 3.8) is 0 Å². The molecule has 0 atom stereocenters. The van der Waals surface area contributed by atoms with E-state index in [9.17, 15) is 0 Å². The van der Waals surface area contributed by atoms with E-state index in [1.54, 1.807) is 0 Å².